The number of halogens is 4. The SMILES string of the molecule is CC(C)(C)CC1N[C@@H](C(=O)Nc2ccc(C(=O)O)s2)[C@H](c2cccc(Cl)c2F)[C@@]1(N)c1ccc(Cl)cc1F. The highest BCUT2D eigenvalue weighted by Gasteiger charge is 2.58. The predicted octanol–water partition coefficient (Wildman–Crippen LogP) is 6.38. The Balaban J connectivity index is 1.89. The van der Waals surface area contributed by atoms with E-state index in [-0.39, 0.29) is 31.5 Å². The first-order valence-electron chi connectivity index (χ1n) is 11.8. The van der Waals surface area contributed by atoms with E-state index in [0.717, 1.165) is 17.4 Å². The molecule has 11 heteroatoms. The molecule has 202 valence electrons. The number of carboxylic acid groups (broad SMARTS) is 1. The molecule has 5 N–H and O–H groups in total. The molecule has 4 rings (SSSR count). The summed E-state index contributed by atoms with van der Waals surface area (Å²) in [7, 11) is 0. The van der Waals surface area contributed by atoms with Gasteiger partial charge in [0.05, 0.1) is 21.6 Å². The summed E-state index contributed by atoms with van der Waals surface area (Å²) >= 11 is 13.0. The minimum Gasteiger partial charge on any atom is -0.477 e. The highest BCUT2D eigenvalue weighted by molar-refractivity contribution is 7.18. The van der Waals surface area contributed by atoms with E-state index in [9.17, 15) is 14.7 Å². The van der Waals surface area contributed by atoms with Crippen molar-refractivity contribution < 1.29 is 23.5 Å². The van der Waals surface area contributed by atoms with E-state index >= 15 is 8.78 Å². The van der Waals surface area contributed by atoms with Crippen molar-refractivity contribution in [2.45, 2.75) is 50.7 Å². The molecule has 1 saturated heterocycles. The van der Waals surface area contributed by atoms with E-state index in [0.29, 0.717) is 11.4 Å². The van der Waals surface area contributed by atoms with Crippen LogP contribution >= 0.6 is 34.5 Å². The van der Waals surface area contributed by atoms with Gasteiger partial charge in [0.15, 0.2) is 0 Å². The summed E-state index contributed by atoms with van der Waals surface area (Å²) in [6.45, 7) is 5.94. The molecule has 0 spiro atoms. The average Bonchev–Trinajstić information content (AvgIpc) is 3.38. The number of rotatable bonds is 6. The first-order valence-corrected chi connectivity index (χ1v) is 13.4. The lowest BCUT2D eigenvalue weighted by Gasteiger charge is -2.40. The first-order chi connectivity index (χ1) is 17.7. The maximum atomic E-state index is 15.6. The summed E-state index contributed by atoms with van der Waals surface area (Å²) in [6.07, 6.45) is 0.413. The van der Waals surface area contributed by atoms with Crippen LogP contribution in [0.1, 0.15) is 53.9 Å². The number of carbonyl (C=O) groups is 2. The van der Waals surface area contributed by atoms with Crippen LogP contribution in [-0.4, -0.2) is 29.1 Å². The maximum absolute atomic E-state index is 15.6. The second-order valence-electron chi connectivity index (χ2n) is 10.6. The molecule has 4 atom stereocenters. The third-order valence-electron chi connectivity index (χ3n) is 6.68. The van der Waals surface area contributed by atoms with Crippen LogP contribution in [0.2, 0.25) is 10.0 Å². The summed E-state index contributed by atoms with van der Waals surface area (Å²) in [5, 5.41) is 15.5. The summed E-state index contributed by atoms with van der Waals surface area (Å²) in [5.74, 6) is -4.24. The molecule has 1 aliphatic heterocycles. The Hall–Kier alpha value is -2.56. The van der Waals surface area contributed by atoms with Gasteiger partial charge in [-0.1, -0.05) is 62.2 Å². The molecule has 0 bridgehead atoms. The van der Waals surface area contributed by atoms with E-state index in [2.05, 4.69) is 10.6 Å². The van der Waals surface area contributed by atoms with Gasteiger partial charge in [0, 0.05) is 22.5 Å². The number of nitrogens with one attached hydrogen (secondary N) is 2. The highest BCUT2D eigenvalue weighted by Crippen LogP contribution is 2.50. The van der Waals surface area contributed by atoms with Crippen molar-refractivity contribution in [3.63, 3.8) is 0 Å². The fourth-order valence-electron chi connectivity index (χ4n) is 5.12. The number of hydrogen-bond donors (Lipinski definition) is 4. The van der Waals surface area contributed by atoms with Crippen LogP contribution in [0.3, 0.4) is 0 Å². The molecule has 2 aromatic carbocycles. The third kappa shape index (κ3) is 5.44. The van der Waals surface area contributed by atoms with Gasteiger partial charge < -0.3 is 21.5 Å². The van der Waals surface area contributed by atoms with E-state index < -0.39 is 47.1 Å². The van der Waals surface area contributed by atoms with Crippen LogP contribution in [0.15, 0.2) is 48.5 Å². The lowest BCUT2D eigenvalue weighted by molar-refractivity contribution is -0.118. The second-order valence-corrected chi connectivity index (χ2v) is 12.5. The minimum absolute atomic E-state index is 0.0409. The van der Waals surface area contributed by atoms with E-state index in [4.69, 9.17) is 28.9 Å². The molecule has 38 heavy (non-hydrogen) atoms. The Morgan fingerprint density at radius 1 is 1.16 bits per heavy atom. The minimum atomic E-state index is -1.60. The zero-order valence-electron chi connectivity index (χ0n) is 20.8. The Morgan fingerprint density at radius 3 is 2.47 bits per heavy atom. The Morgan fingerprint density at radius 2 is 1.87 bits per heavy atom. The number of anilines is 1. The molecule has 1 unspecified atom stereocenters. The van der Waals surface area contributed by atoms with Gasteiger partial charge in [-0.3, -0.25) is 4.79 Å². The number of nitrogens with two attached hydrogens (primary N) is 1. The summed E-state index contributed by atoms with van der Waals surface area (Å²) in [4.78, 5) is 25.0. The summed E-state index contributed by atoms with van der Waals surface area (Å²) in [6, 6.07) is 9.56. The van der Waals surface area contributed by atoms with Gasteiger partial charge in [0.1, 0.15) is 16.5 Å². The Bertz CT molecular complexity index is 1390. The van der Waals surface area contributed by atoms with Gasteiger partial charge in [-0.05, 0) is 47.7 Å². The van der Waals surface area contributed by atoms with E-state index in [1.807, 2.05) is 20.8 Å². The van der Waals surface area contributed by atoms with Crippen LogP contribution in [-0.2, 0) is 10.3 Å². The molecule has 1 aliphatic rings. The van der Waals surface area contributed by atoms with E-state index in [1.54, 1.807) is 6.07 Å². The van der Waals surface area contributed by atoms with Crippen LogP contribution in [0.5, 0.6) is 0 Å². The van der Waals surface area contributed by atoms with Crippen molar-refractivity contribution in [1.29, 1.82) is 0 Å². The van der Waals surface area contributed by atoms with Crippen molar-refractivity contribution in [3.8, 4) is 0 Å². The number of amides is 1. The van der Waals surface area contributed by atoms with Crippen LogP contribution in [0.4, 0.5) is 13.8 Å². The second kappa shape index (κ2) is 10.5. The van der Waals surface area contributed by atoms with Crippen molar-refractivity contribution in [3.05, 3.63) is 86.2 Å². The van der Waals surface area contributed by atoms with Crippen LogP contribution in [0.25, 0.3) is 0 Å². The summed E-state index contributed by atoms with van der Waals surface area (Å²) in [5.41, 5.74) is 5.35. The molecule has 1 fully saturated rings. The van der Waals surface area contributed by atoms with Gasteiger partial charge in [0.2, 0.25) is 5.91 Å². The van der Waals surface area contributed by atoms with Gasteiger partial charge >= 0.3 is 5.97 Å². The normalized spacial score (nSPS) is 23.4. The molecule has 0 aliphatic carbocycles. The molecular weight excluding hydrogens is 555 g/mol. The lowest BCUT2D eigenvalue weighted by atomic mass is 9.68. The predicted molar refractivity (Wildman–Crippen MR) is 146 cm³/mol. The zero-order chi connectivity index (χ0) is 28.0. The number of thiophene rings is 1. The van der Waals surface area contributed by atoms with Crippen molar-refractivity contribution in [1.82, 2.24) is 5.32 Å². The highest BCUT2D eigenvalue weighted by atomic mass is 35.5. The quantitative estimate of drug-likeness (QED) is 0.270. The van der Waals surface area contributed by atoms with Crippen LogP contribution < -0.4 is 16.4 Å². The monoisotopic (exact) mass is 581 g/mol. The fraction of sp³-hybridized carbons (Fsp3) is 0.333. The van der Waals surface area contributed by atoms with Gasteiger partial charge in [-0.25, -0.2) is 13.6 Å². The third-order valence-corrected chi connectivity index (χ3v) is 8.20. The molecule has 3 aromatic rings. The molecule has 1 aromatic heterocycles. The average molecular weight is 583 g/mol. The number of benzene rings is 2. The molecule has 2 heterocycles. The van der Waals surface area contributed by atoms with Crippen molar-refractivity contribution in [2.24, 2.45) is 11.1 Å². The number of carbonyl (C=O) groups excluding carboxylic acids is 1. The topological polar surface area (TPSA) is 104 Å². The molecule has 0 radical (unpaired) electrons. The number of aromatic carboxylic acids is 1. The van der Waals surface area contributed by atoms with Gasteiger partial charge in [0.25, 0.3) is 0 Å². The van der Waals surface area contributed by atoms with Gasteiger partial charge in [-0.15, -0.1) is 11.3 Å². The molecular formula is C27H27Cl2F2N3O3S. The number of carboxylic acids is 1. The Kier molecular flexibility index (Phi) is 7.89. The van der Waals surface area contributed by atoms with Crippen LogP contribution in [0, 0.1) is 17.0 Å². The van der Waals surface area contributed by atoms with Gasteiger partial charge in [-0.2, -0.15) is 0 Å². The van der Waals surface area contributed by atoms with E-state index in [1.165, 1.54) is 36.4 Å². The smallest absolute Gasteiger partial charge is 0.345 e. The number of hydrogen-bond acceptors (Lipinski definition) is 5. The molecule has 1 amide bonds. The zero-order valence-corrected chi connectivity index (χ0v) is 23.1. The first kappa shape index (κ1) is 28.4. The van der Waals surface area contributed by atoms with Crippen molar-refractivity contribution in [2.75, 3.05) is 5.32 Å². The summed E-state index contributed by atoms with van der Waals surface area (Å²) < 4.78 is 31.1. The van der Waals surface area contributed by atoms with Crippen molar-refractivity contribution >= 4 is 51.4 Å². The lowest BCUT2D eigenvalue weighted by Crippen LogP contribution is -2.52. The largest absolute Gasteiger partial charge is 0.477 e. The Labute approximate surface area is 233 Å². The standard InChI is InChI=1S/C27H27Cl2F2N3O3S/c1-26(2,3)12-19-27(32,15-8-7-13(28)11-17(15)30)21(14-5-4-6-16(29)22(14)31)23(33-19)24(35)34-20-10-9-18(38-20)25(36)37/h4-11,19,21,23,33H,12,32H2,1-3H3,(H,34,35)(H,36,37)/t19?,21-,23+,27+/m0/s1. The molecule has 0 saturated carbocycles. The fourth-order valence-corrected chi connectivity index (χ4v) is 6.21. The maximum Gasteiger partial charge on any atom is 0.345 e. The molecule has 6 nitrogen and oxygen atoms in total.